The highest BCUT2D eigenvalue weighted by molar-refractivity contribution is 6.07. The lowest BCUT2D eigenvalue weighted by Gasteiger charge is -2.28. The number of likely N-dealkylation sites (tertiary alicyclic amines) is 1. The van der Waals surface area contributed by atoms with Crippen LogP contribution in [0.2, 0.25) is 0 Å². The summed E-state index contributed by atoms with van der Waals surface area (Å²) in [7, 11) is 0. The average Bonchev–Trinajstić information content (AvgIpc) is 3.16. The van der Waals surface area contributed by atoms with Gasteiger partial charge in [0.1, 0.15) is 0 Å². The molecule has 2 heterocycles. The maximum Gasteiger partial charge on any atom is 0.262 e. The molecule has 2 saturated heterocycles. The number of para-hydroxylation sites is 1. The van der Waals surface area contributed by atoms with E-state index in [1.807, 2.05) is 60.7 Å². The topological polar surface area (TPSA) is 49.9 Å². The van der Waals surface area contributed by atoms with Crippen LogP contribution in [-0.4, -0.2) is 28.9 Å². The van der Waals surface area contributed by atoms with Crippen LogP contribution in [0.1, 0.15) is 25.3 Å². The zero-order valence-corrected chi connectivity index (χ0v) is 14.7. The Morgan fingerprint density at radius 1 is 0.923 bits per heavy atom. The minimum Gasteiger partial charge on any atom is -0.275 e. The largest absolute Gasteiger partial charge is 0.275 e. The molecule has 2 fully saturated rings. The molecule has 0 aliphatic carbocycles. The molecule has 0 bridgehead atoms. The molecular formula is C21H22N2O3. The van der Waals surface area contributed by atoms with Crippen LogP contribution in [0.25, 0.3) is 0 Å². The molecule has 3 atom stereocenters. The van der Waals surface area contributed by atoms with Crippen molar-refractivity contribution in [2.45, 2.75) is 38.5 Å². The van der Waals surface area contributed by atoms with Gasteiger partial charge >= 0.3 is 0 Å². The predicted octanol–water partition coefficient (Wildman–Crippen LogP) is 3.16. The van der Waals surface area contributed by atoms with Gasteiger partial charge in [-0.05, 0) is 24.1 Å². The van der Waals surface area contributed by atoms with Crippen molar-refractivity contribution in [3.63, 3.8) is 0 Å². The lowest BCUT2D eigenvalue weighted by Crippen LogP contribution is -2.40. The molecule has 2 aliphatic heterocycles. The van der Waals surface area contributed by atoms with E-state index in [0.29, 0.717) is 6.54 Å². The van der Waals surface area contributed by atoms with E-state index in [0.717, 1.165) is 24.1 Å². The van der Waals surface area contributed by atoms with Gasteiger partial charge in [0.2, 0.25) is 5.91 Å². The molecule has 26 heavy (non-hydrogen) atoms. The van der Waals surface area contributed by atoms with Gasteiger partial charge < -0.3 is 0 Å². The van der Waals surface area contributed by atoms with Crippen molar-refractivity contribution < 1.29 is 14.4 Å². The fourth-order valence-corrected chi connectivity index (χ4v) is 3.89. The Morgan fingerprint density at radius 3 is 2.23 bits per heavy atom. The van der Waals surface area contributed by atoms with Crippen molar-refractivity contribution in [3.05, 3.63) is 66.2 Å². The molecule has 2 aromatic rings. The standard InChI is InChI=1S/C21H22N2O3/c1-2-9-17-18-19(26-23(17)16-12-7-4-8-13-16)21(25)22(20(18)24)14-15-10-5-3-6-11-15/h3-8,10-13,17-19H,2,9,14H2,1H3/t17-,18+,19+/m0/s1. The van der Waals surface area contributed by atoms with E-state index >= 15 is 0 Å². The van der Waals surface area contributed by atoms with Crippen LogP contribution in [0.15, 0.2) is 60.7 Å². The van der Waals surface area contributed by atoms with E-state index in [1.54, 1.807) is 5.06 Å². The first-order chi connectivity index (χ1) is 12.7. The number of carbonyl (C=O) groups is 2. The molecule has 5 heteroatoms. The van der Waals surface area contributed by atoms with Gasteiger partial charge in [0.05, 0.1) is 24.2 Å². The molecule has 0 N–H and O–H groups in total. The summed E-state index contributed by atoms with van der Waals surface area (Å²) in [5, 5.41) is 1.77. The fourth-order valence-electron chi connectivity index (χ4n) is 3.89. The van der Waals surface area contributed by atoms with Crippen LogP contribution >= 0.6 is 0 Å². The van der Waals surface area contributed by atoms with Crippen molar-refractivity contribution in [1.82, 2.24) is 4.90 Å². The first-order valence-corrected chi connectivity index (χ1v) is 9.11. The Hall–Kier alpha value is -2.66. The Labute approximate surface area is 153 Å². The summed E-state index contributed by atoms with van der Waals surface area (Å²) < 4.78 is 0. The molecule has 2 amide bonds. The first kappa shape index (κ1) is 16.8. The van der Waals surface area contributed by atoms with Crippen molar-refractivity contribution in [2.24, 2.45) is 5.92 Å². The Bertz CT molecular complexity index is 793. The molecule has 0 saturated carbocycles. The number of imide groups is 1. The van der Waals surface area contributed by atoms with Crippen LogP contribution < -0.4 is 5.06 Å². The Balaban J connectivity index is 1.60. The SMILES string of the molecule is CCC[C@H]1[C@H]2C(=O)N(Cc3ccccc3)C(=O)[C@@H]2ON1c1ccccc1. The number of nitrogens with zero attached hydrogens (tertiary/aromatic N) is 2. The van der Waals surface area contributed by atoms with Gasteiger partial charge in [-0.2, -0.15) is 0 Å². The minimum atomic E-state index is -0.719. The molecule has 0 unspecified atom stereocenters. The van der Waals surface area contributed by atoms with Gasteiger partial charge in [0.15, 0.2) is 6.10 Å². The number of fused-ring (bicyclic) bond motifs is 1. The summed E-state index contributed by atoms with van der Waals surface area (Å²) >= 11 is 0. The summed E-state index contributed by atoms with van der Waals surface area (Å²) in [6.07, 6.45) is 0.998. The zero-order chi connectivity index (χ0) is 18.1. The number of benzene rings is 2. The summed E-state index contributed by atoms with van der Waals surface area (Å²) in [6.45, 7) is 2.39. The highest BCUT2D eigenvalue weighted by atomic mass is 16.7. The zero-order valence-electron chi connectivity index (χ0n) is 14.7. The number of rotatable bonds is 5. The highest BCUT2D eigenvalue weighted by Crippen LogP contribution is 2.40. The second kappa shape index (κ2) is 6.92. The van der Waals surface area contributed by atoms with Crippen LogP contribution in [0, 0.1) is 5.92 Å². The third kappa shape index (κ3) is 2.78. The van der Waals surface area contributed by atoms with E-state index in [2.05, 4.69) is 6.92 Å². The summed E-state index contributed by atoms with van der Waals surface area (Å²) in [4.78, 5) is 33.3. The number of anilines is 1. The number of hydrogen-bond donors (Lipinski definition) is 0. The minimum absolute atomic E-state index is 0.121. The fraction of sp³-hybridized carbons (Fsp3) is 0.333. The first-order valence-electron chi connectivity index (χ1n) is 9.11. The smallest absolute Gasteiger partial charge is 0.262 e. The average molecular weight is 350 g/mol. The summed E-state index contributed by atoms with van der Waals surface area (Å²) in [6, 6.07) is 19.2. The van der Waals surface area contributed by atoms with E-state index in [4.69, 9.17) is 4.84 Å². The lowest BCUT2D eigenvalue weighted by atomic mass is 9.93. The number of hydrogen-bond acceptors (Lipinski definition) is 4. The Morgan fingerprint density at radius 2 is 1.58 bits per heavy atom. The third-order valence-corrected chi connectivity index (χ3v) is 5.11. The second-order valence-corrected chi connectivity index (χ2v) is 6.82. The predicted molar refractivity (Wildman–Crippen MR) is 98.0 cm³/mol. The summed E-state index contributed by atoms with van der Waals surface area (Å²) in [5.74, 6) is -0.796. The monoisotopic (exact) mass is 350 g/mol. The van der Waals surface area contributed by atoms with Gasteiger partial charge in [-0.1, -0.05) is 61.9 Å². The number of hydroxylamine groups is 1. The molecule has 2 aromatic carbocycles. The maximum atomic E-state index is 13.1. The van der Waals surface area contributed by atoms with E-state index in [-0.39, 0.29) is 17.9 Å². The van der Waals surface area contributed by atoms with Gasteiger partial charge in [0, 0.05) is 0 Å². The molecule has 134 valence electrons. The quantitative estimate of drug-likeness (QED) is 0.777. The van der Waals surface area contributed by atoms with Gasteiger partial charge in [-0.3, -0.25) is 19.3 Å². The lowest BCUT2D eigenvalue weighted by molar-refractivity contribution is -0.143. The van der Waals surface area contributed by atoms with Crippen molar-refractivity contribution in [2.75, 3.05) is 5.06 Å². The molecule has 4 rings (SSSR count). The van der Waals surface area contributed by atoms with E-state index in [9.17, 15) is 9.59 Å². The summed E-state index contributed by atoms with van der Waals surface area (Å²) in [5.41, 5.74) is 1.83. The van der Waals surface area contributed by atoms with Gasteiger partial charge in [-0.25, -0.2) is 5.06 Å². The molecule has 5 nitrogen and oxygen atoms in total. The van der Waals surface area contributed by atoms with Crippen LogP contribution in [0.5, 0.6) is 0 Å². The van der Waals surface area contributed by atoms with Crippen molar-refractivity contribution in [1.29, 1.82) is 0 Å². The number of amides is 2. The molecule has 0 radical (unpaired) electrons. The second-order valence-electron chi connectivity index (χ2n) is 6.82. The van der Waals surface area contributed by atoms with Crippen LogP contribution in [-0.2, 0) is 21.0 Å². The third-order valence-electron chi connectivity index (χ3n) is 5.11. The normalized spacial score (nSPS) is 25.0. The molecular weight excluding hydrogens is 328 g/mol. The van der Waals surface area contributed by atoms with Gasteiger partial charge in [-0.15, -0.1) is 0 Å². The molecule has 0 aromatic heterocycles. The number of carbonyl (C=O) groups excluding carboxylic acids is 2. The van der Waals surface area contributed by atoms with Crippen molar-refractivity contribution in [3.8, 4) is 0 Å². The molecule has 0 spiro atoms. The van der Waals surface area contributed by atoms with E-state index < -0.39 is 12.0 Å². The van der Waals surface area contributed by atoms with Crippen LogP contribution in [0.3, 0.4) is 0 Å². The van der Waals surface area contributed by atoms with Gasteiger partial charge in [0.25, 0.3) is 5.91 Å². The van der Waals surface area contributed by atoms with E-state index in [1.165, 1.54) is 4.90 Å². The Kier molecular flexibility index (Phi) is 4.47. The highest BCUT2D eigenvalue weighted by Gasteiger charge is 2.58. The molecule has 2 aliphatic rings. The van der Waals surface area contributed by atoms with Crippen LogP contribution in [0.4, 0.5) is 5.69 Å². The maximum absolute atomic E-state index is 13.1. The van der Waals surface area contributed by atoms with Crippen molar-refractivity contribution >= 4 is 17.5 Å².